The summed E-state index contributed by atoms with van der Waals surface area (Å²) in [4.78, 5) is 16.3. The van der Waals surface area contributed by atoms with Crippen LogP contribution in [0.1, 0.15) is 18.3 Å². The maximum atomic E-state index is 13.0. The van der Waals surface area contributed by atoms with Gasteiger partial charge in [0.2, 0.25) is 0 Å². The molecule has 1 aromatic heterocycles. The second-order valence-electron chi connectivity index (χ2n) is 3.98. The number of rotatable bonds is 0. The van der Waals surface area contributed by atoms with Crippen LogP contribution >= 0.6 is 0 Å². The fourth-order valence-corrected chi connectivity index (χ4v) is 2.11. The summed E-state index contributed by atoms with van der Waals surface area (Å²) in [5, 5.41) is 0.317. The second kappa shape index (κ2) is 3.12. The van der Waals surface area contributed by atoms with Crippen LogP contribution in [0.3, 0.4) is 0 Å². The Hall–Kier alpha value is -1.75. The third-order valence-electron chi connectivity index (χ3n) is 2.94. The van der Waals surface area contributed by atoms with Crippen molar-refractivity contribution in [3.8, 4) is 0 Å². The minimum Gasteiger partial charge on any atom is -0.321 e. The molecule has 1 aromatic carbocycles. The van der Waals surface area contributed by atoms with Crippen molar-refractivity contribution in [3.63, 3.8) is 0 Å². The summed E-state index contributed by atoms with van der Waals surface area (Å²) in [7, 11) is 0. The number of halogens is 1. The summed E-state index contributed by atoms with van der Waals surface area (Å²) in [6.45, 7) is 0.564. The van der Waals surface area contributed by atoms with Gasteiger partial charge in [0, 0.05) is 6.54 Å². The van der Waals surface area contributed by atoms with Crippen molar-refractivity contribution in [2.75, 3.05) is 0 Å². The van der Waals surface area contributed by atoms with Crippen molar-refractivity contribution < 1.29 is 4.39 Å². The Bertz CT molecular complexity index is 635. The molecule has 0 fully saturated rings. The average molecular weight is 219 g/mol. The van der Waals surface area contributed by atoms with Crippen molar-refractivity contribution in [1.29, 1.82) is 0 Å². The highest BCUT2D eigenvalue weighted by Crippen LogP contribution is 2.21. The summed E-state index contributed by atoms with van der Waals surface area (Å²) in [5.41, 5.74) is 6.15. The molecule has 2 aromatic rings. The highest BCUT2D eigenvalue weighted by Gasteiger charge is 2.22. The topological polar surface area (TPSA) is 60.9 Å². The first kappa shape index (κ1) is 9.47. The van der Waals surface area contributed by atoms with Gasteiger partial charge in [-0.2, -0.15) is 0 Å². The first-order valence-electron chi connectivity index (χ1n) is 5.12. The smallest absolute Gasteiger partial charge is 0.261 e. The SMILES string of the molecule is N[C@@H]1CCn2c1nc1ccc(F)cc1c2=O. The largest absolute Gasteiger partial charge is 0.321 e. The number of nitrogens with two attached hydrogens (primary N) is 1. The van der Waals surface area contributed by atoms with Crippen LogP contribution in [0.4, 0.5) is 4.39 Å². The van der Waals surface area contributed by atoms with Crippen molar-refractivity contribution >= 4 is 10.9 Å². The predicted molar refractivity (Wildman–Crippen MR) is 57.5 cm³/mol. The normalized spacial score (nSPS) is 19.0. The summed E-state index contributed by atoms with van der Waals surface area (Å²) >= 11 is 0. The van der Waals surface area contributed by atoms with E-state index in [1.165, 1.54) is 22.8 Å². The summed E-state index contributed by atoms with van der Waals surface area (Å²) in [6, 6.07) is 3.84. The quantitative estimate of drug-likeness (QED) is 0.717. The zero-order valence-corrected chi connectivity index (χ0v) is 8.48. The van der Waals surface area contributed by atoms with Crippen LogP contribution < -0.4 is 11.3 Å². The first-order valence-corrected chi connectivity index (χ1v) is 5.12. The Morgan fingerprint density at radius 1 is 1.50 bits per heavy atom. The van der Waals surface area contributed by atoms with Crippen molar-refractivity contribution in [3.05, 3.63) is 40.2 Å². The van der Waals surface area contributed by atoms with E-state index < -0.39 is 5.82 Å². The van der Waals surface area contributed by atoms with Crippen LogP contribution in [-0.4, -0.2) is 9.55 Å². The molecule has 0 bridgehead atoms. The van der Waals surface area contributed by atoms with Crippen molar-refractivity contribution in [2.45, 2.75) is 19.0 Å². The molecule has 1 aliphatic rings. The number of aromatic nitrogens is 2. The minimum atomic E-state index is -0.422. The van der Waals surface area contributed by atoms with E-state index in [0.717, 1.165) is 0 Å². The summed E-state index contributed by atoms with van der Waals surface area (Å²) in [6.07, 6.45) is 0.709. The molecule has 16 heavy (non-hydrogen) atoms. The fraction of sp³-hybridized carbons (Fsp3) is 0.273. The van der Waals surface area contributed by atoms with Gasteiger partial charge in [-0.15, -0.1) is 0 Å². The number of benzene rings is 1. The molecule has 2 heterocycles. The maximum Gasteiger partial charge on any atom is 0.261 e. The molecular weight excluding hydrogens is 209 g/mol. The van der Waals surface area contributed by atoms with Gasteiger partial charge in [0.1, 0.15) is 11.6 Å². The van der Waals surface area contributed by atoms with Gasteiger partial charge in [0.15, 0.2) is 0 Å². The first-order chi connectivity index (χ1) is 7.66. The number of fused-ring (bicyclic) bond motifs is 2. The van der Waals surface area contributed by atoms with E-state index in [-0.39, 0.29) is 11.6 Å². The standard InChI is InChI=1S/C11H10FN3O/c12-6-1-2-9-7(5-6)11(16)15-4-3-8(13)10(15)14-9/h1-2,5,8H,3-4,13H2/t8-/m1/s1. The Morgan fingerprint density at radius 2 is 2.31 bits per heavy atom. The highest BCUT2D eigenvalue weighted by atomic mass is 19.1. The van der Waals surface area contributed by atoms with Crippen LogP contribution in [0.2, 0.25) is 0 Å². The molecule has 0 saturated carbocycles. The van der Waals surface area contributed by atoms with Crippen LogP contribution in [-0.2, 0) is 6.54 Å². The van der Waals surface area contributed by atoms with Gasteiger partial charge in [-0.25, -0.2) is 9.37 Å². The Balaban J connectivity index is 2.44. The molecule has 5 heteroatoms. The highest BCUT2D eigenvalue weighted by molar-refractivity contribution is 5.77. The fourth-order valence-electron chi connectivity index (χ4n) is 2.11. The van der Waals surface area contributed by atoms with Gasteiger partial charge in [0.05, 0.1) is 16.9 Å². The lowest BCUT2D eigenvalue weighted by Gasteiger charge is -2.06. The Kier molecular flexibility index (Phi) is 1.85. The number of nitrogens with zero attached hydrogens (tertiary/aromatic N) is 2. The van der Waals surface area contributed by atoms with E-state index in [1.807, 2.05) is 0 Å². The molecule has 0 saturated heterocycles. The molecule has 1 atom stereocenters. The lowest BCUT2D eigenvalue weighted by Crippen LogP contribution is -2.22. The second-order valence-corrected chi connectivity index (χ2v) is 3.98. The van der Waals surface area contributed by atoms with Gasteiger partial charge < -0.3 is 5.73 Å². The van der Waals surface area contributed by atoms with Crippen LogP contribution in [0.15, 0.2) is 23.0 Å². The van der Waals surface area contributed by atoms with E-state index in [9.17, 15) is 9.18 Å². The zero-order chi connectivity index (χ0) is 11.3. The third-order valence-corrected chi connectivity index (χ3v) is 2.94. The molecule has 0 unspecified atom stereocenters. The van der Waals surface area contributed by atoms with E-state index in [2.05, 4.69) is 4.98 Å². The molecule has 0 aliphatic carbocycles. The van der Waals surface area contributed by atoms with Gasteiger partial charge >= 0.3 is 0 Å². The lowest BCUT2D eigenvalue weighted by atomic mass is 10.2. The molecule has 2 N–H and O–H groups in total. The third kappa shape index (κ3) is 1.18. The van der Waals surface area contributed by atoms with E-state index in [4.69, 9.17) is 5.73 Å². The minimum absolute atomic E-state index is 0.192. The average Bonchev–Trinajstić information content (AvgIpc) is 2.63. The maximum absolute atomic E-state index is 13.0. The lowest BCUT2D eigenvalue weighted by molar-refractivity contribution is 0.628. The van der Waals surface area contributed by atoms with Crippen LogP contribution in [0.25, 0.3) is 10.9 Å². The molecule has 0 amide bonds. The van der Waals surface area contributed by atoms with Crippen molar-refractivity contribution in [2.24, 2.45) is 5.73 Å². The molecule has 0 radical (unpaired) electrons. The van der Waals surface area contributed by atoms with Crippen molar-refractivity contribution in [1.82, 2.24) is 9.55 Å². The number of hydrogen-bond acceptors (Lipinski definition) is 3. The molecule has 4 nitrogen and oxygen atoms in total. The Labute approximate surface area is 90.5 Å². The molecule has 3 rings (SSSR count). The van der Waals surface area contributed by atoms with Gasteiger partial charge in [0.25, 0.3) is 5.56 Å². The molecular formula is C11H10FN3O. The van der Waals surface area contributed by atoms with E-state index >= 15 is 0 Å². The number of hydrogen-bond donors (Lipinski definition) is 1. The molecule has 1 aliphatic heterocycles. The summed E-state index contributed by atoms with van der Waals surface area (Å²) < 4.78 is 14.6. The zero-order valence-electron chi connectivity index (χ0n) is 8.48. The predicted octanol–water partition coefficient (Wildman–Crippen LogP) is 0.939. The monoisotopic (exact) mass is 219 g/mol. The molecule has 0 spiro atoms. The van der Waals surface area contributed by atoms with E-state index in [1.54, 1.807) is 0 Å². The van der Waals surface area contributed by atoms with Gasteiger partial charge in [-0.1, -0.05) is 0 Å². The van der Waals surface area contributed by atoms with E-state index in [0.29, 0.717) is 29.7 Å². The van der Waals surface area contributed by atoms with Crippen LogP contribution in [0.5, 0.6) is 0 Å². The summed E-state index contributed by atoms with van der Waals surface area (Å²) in [5.74, 6) is 0.179. The van der Waals surface area contributed by atoms with Crippen LogP contribution in [0, 0.1) is 5.82 Å². The van der Waals surface area contributed by atoms with Gasteiger partial charge in [-0.05, 0) is 24.6 Å². The molecule has 82 valence electrons. The van der Waals surface area contributed by atoms with Gasteiger partial charge in [-0.3, -0.25) is 9.36 Å². The Morgan fingerprint density at radius 3 is 3.12 bits per heavy atom.